The number of aliphatic hydroxyl groups is 1. The second-order valence-electron chi connectivity index (χ2n) is 4.37. The van der Waals surface area contributed by atoms with Crippen LogP contribution in [0.15, 0.2) is 12.1 Å². The predicted octanol–water partition coefficient (Wildman–Crippen LogP) is 1.23. The van der Waals surface area contributed by atoms with Crippen molar-refractivity contribution in [1.29, 1.82) is 0 Å². The summed E-state index contributed by atoms with van der Waals surface area (Å²) < 4.78 is 5.40. The number of anilines is 1. The van der Waals surface area contributed by atoms with Crippen molar-refractivity contribution in [3.05, 3.63) is 27.4 Å². The number of halogens is 1. The summed E-state index contributed by atoms with van der Waals surface area (Å²) >= 11 is 5.82. The van der Waals surface area contributed by atoms with Gasteiger partial charge < -0.3 is 14.7 Å². The molecule has 0 aliphatic carbocycles. The molecule has 1 aliphatic rings. The Bertz CT molecular complexity index is 485. The first-order valence-electron chi connectivity index (χ1n) is 5.83. The number of rotatable bonds is 3. The van der Waals surface area contributed by atoms with Crippen LogP contribution in [-0.4, -0.2) is 46.9 Å². The van der Waals surface area contributed by atoms with Crippen molar-refractivity contribution in [2.45, 2.75) is 19.1 Å². The average Bonchev–Trinajstić information content (AvgIpc) is 2.38. The van der Waals surface area contributed by atoms with Crippen LogP contribution in [0.4, 0.5) is 11.5 Å². The van der Waals surface area contributed by atoms with Gasteiger partial charge in [0.25, 0.3) is 0 Å². The fourth-order valence-electron chi connectivity index (χ4n) is 1.99. The molecule has 1 N–H and O–H groups in total. The van der Waals surface area contributed by atoms with Crippen molar-refractivity contribution in [1.82, 2.24) is 4.98 Å². The molecule has 2 unspecified atom stereocenters. The largest absolute Gasteiger partial charge is 0.394 e. The molecule has 2 rings (SSSR count). The summed E-state index contributed by atoms with van der Waals surface area (Å²) in [5.41, 5.74) is -0.102. The van der Waals surface area contributed by atoms with Crippen molar-refractivity contribution in [2.24, 2.45) is 0 Å². The van der Waals surface area contributed by atoms with E-state index >= 15 is 0 Å². The van der Waals surface area contributed by atoms with Gasteiger partial charge in [0, 0.05) is 12.6 Å². The van der Waals surface area contributed by atoms with Gasteiger partial charge >= 0.3 is 5.69 Å². The number of pyridine rings is 1. The Morgan fingerprint density at radius 2 is 2.42 bits per heavy atom. The van der Waals surface area contributed by atoms with E-state index < -0.39 is 4.92 Å². The van der Waals surface area contributed by atoms with E-state index in [4.69, 9.17) is 21.4 Å². The lowest BCUT2D eigenvalue weighted by Crippen LogP contribution is -2.50. The molecule has 0 bridgehead atoms. The van der Waals surface area contributed by atoms with Crippen molar-refractivity contribution in [2.75, 3.05) is 24.7 Å². The van der Waals surface area contributed by atoms with Gasteiger partial charge in [0.05, 0.1) is 30.3 Å². The van der Waals surface area contributed by atoms with Gasteiger partial charge in [-0.15, -0.1) is 0 Å². The maximum atomic E-state index is 11.0. The maximum Gasteiger partial charge on any atom is 0.311 e. The molecule has 0 amide bonds. The van der Waals surface area contributed by atoms with E-state index in [9.17, 15) is 10.1 Å². The van der Waals surface area contributed by atoms with Crippen LogP contribution in [0.5, 0.6) is 0 Å². The zero-order valence-corrected chi connectivity index (χ0v) is 11.1. The fraction of sp³-hybridized carbons (Fsp3) is 0.545. The van der Waals surface area contributed by atoms with E-state index in [-0.39, 0.29) is 35.4 Å². The lowest BCUT2D eigenvalue weighted by molar-refractivity contribution is -0.384. The summed E-state index contributed by atoms with van der Waals surface area (Å²) in [4.78, 5) is 16.4. The van der Waals surface area contributed by atoms with Gasteiger partial charge in [-0.25, -0.2) is 4.98 Å². The minimum atomic E-state index is -0.491. The molecule has 1 saturated heterocycles. The third-order valence-corrected chi connectivity index (χ3v) is 3.21. The van der Waals surface area contributed by atoms with Crippen molar-refractivity contribution < 1.29 is 14.8 Å². The van der Waals surface area contributed by atoms with E-state index in [1.165, 1.54) is 12.1 Å². The number of hydrogen-bond acceptors (Lipinski definition) is 6. The highest BCUT2D eigenvalue weighted by atomic mass is 35.5. The molecule has 1 aromatic heterocycles. The molecule has 0 spiro atoms. The Balaban J connectivity index is 2.38. The number of aromatic nitrogens is 1. The van der Waals surface area contributed by atoms with E-state index in [2.05, 4.69) is 4.98 Å². The molecule has 7 nitrogen and oxygen atoms in total. The highest BCUT2D eigenvalue weighted by molar-refractivity contribution is 6.29. The summed E-state index contributed by atoms with van der Waals surface area (Å²) in [6, 6.07) is 2.64. The van der Waals surface area contributed by atoms with Crippen LogP contribution in [0.25, 0.3) is 0 Å². The second kappa shape index (κ2) is 5.68. The Morgan fingerprint density at radius 3 is 3.05 bits per heavy atom. The molecule has 2 atom stereocenters. The van der Waals surface area contributed by atoms with Crippen molar-refractivity contribution in [3.63, 3.8) is 0 Å². The van der Waals surface area contributed by atoms with Crippen molar-refractivity contribution >= 4 is 23.1 Å². The first-order valence-corrected chi connectivity index (χ1v) is 6.20. The zero-order valence-electron chi connectivity index (χ0n) is 10.3. The molecule has 2 heterocycles. The van der Waals surface area contributed by atoms with Gasteiger partial charge in [-0.1, -0.05) is 11.6 Å². The molecular formula is C11H14ClN3O4. The lowest BCUT2D eigenvalue weighted by atomic mass is 10.2. The summed E-state index contributed by atoms with van der Waals surface area (Å²) in [6.45, 7) is 2.44. The third-order valence-electron chi connectivity index (χ3n) is 3.00. The lowest BCUT2D eigenvalue weighted by Gasteiger charge is -2.37. The topological polar surface area (TPSA) is 88.7 Å². The first kappa shape index (κ1) is 14.0. The van der Waals surface area contributed by atoms with Crippen LogP contribution in [0.3, 0.4) is 0 Å². The fourth-order valence-corrected chi connectivity index (χ4v) is 2.14. The number of morpholine rings is 1. The minimum absolute atomic E-state index is 0.0764. The number of aliphatic hydroxyl groups excluding tert-OH is 1. The van der Waals surface area contributed by atoms with Gasteiger partial charge in [-0.3, -0.25) is 10.1 Å². The number of ether oxygens (including phenoxy) is 1. The van der Waals surface area contributed by atoms with E-state index in [0.717, 1.165) is 0 Å². The monoisotopic (exact) mass is 287 g/mol. The molecule has 8 heteroatoms. The van der Waals surface area contributed by atoms with E-state index in [1.807, 2.05) is 6.92 Å². The van der Waals surface area contributed by atoms with Crippen LogP contribution < -0.4 is 4.90 Å². The van der Waals surface area contributed by atoms with Crippen LogP contribution >= 0.6 is 11.6 Å². The van der Waals surface area contributed by atoms with E-state index in [1.54, 1.807) is 4.90 Å². The second-order valence-corrected chi connectivity index (χ2v) is 4.76. The van der Waals surface area contributed by atoms with E-state index in [0.29, 0.717) is 13.2 Å². The summed E-state index contributed by atoms with van der Waals surface area (Å²) in [5, 5.41) is 20.4. The van der Waals surface area contributed by atoms with Crippen LogP contribution in [0.2, 0.25) is 5.15 Å². The van der Waals surface area contributed by atoms with Gasteiger partial charge in [-0.05, 0) is 13.0 Å². The van der Waals surface area contributed by atoms with Gasteiger partial charge in [0.2, 0.25) is 5.82 Å². The normalized spacial score (nSPS) is 23.4. The molecular weight excluding hydrogens is 274 g/mol. The van der Waals surface area contributed by atoms with Crippen molar-refractivity contribution in [3.8, 4) is 0 Å². The maximum absolute atomic E-state index is 11.0. The first-order chi connectivity index (χ1) is 9.02. The number of nitro groups is 1. The van der Waals surface area contributed by atoms with Gasteiger partial charge in [0.1, 0.15) is 5.15 Å². The summed E-state index contributed by atoms with van der Waals surface area (Å²) in [6.07, 6.45) is -0.378. The zero-order chi connectivity index (χ0) is 14.0. The Morgan fingerprint density at radius 1 is 1.68 bits per heavy atom. The summed E-state index contributed by atoms with van der Waals surface area (Å²) in [5.74, 6) is 0.215. The molecule has 0 saturated carbocycles. The SMILES string of the molecule is CC1COC(CO)CN1c1nc(Cl)ccc1[N+](=O)[O-]. The Kier molecular flexibility index (Phi) is 4.18. The predicted molar refractivity (Wildman–Crippen MR) is 69.5 cm³/mol. The molecule has 1 fully saturated rings. The minimum Gasteiger partial charge on any atom is -0.394 e. The Hall–Kier alpha value is -1.44. The molecule has 0 aromatic carbocycles. The van der Waals surface area contributed by atoms with Crippen LogP contribution in [-0.2, 0) is 4.74 Å². The molecule has 1 aromatic rings. The average molecular weight is 288 g/mol. The Labute approximate surface area is 114 Å². The summed E-state index contributed by atoms with van der Waals surface area (Å²) in [7, 11) is 0. The van der Waals surface area contributed by atoms with Gasteiger partial charge in [-0.2, -0.15) is 0 Å². The van der Waals surface area contributed by atoms with Gasteiger partial charge in [0.15, 0.2) is 0 Å². The highest BCUT2D eigenvalue weighted by Gasteiger charge is 2.31. The smallest absolute Gasteiger partial charge is 0.311 e. The molecule has 104 valence electrons. The quantitative estimate of drug-likeness (QED) is 0.511. The molecule has 0 radical (unpaired) electrons. The third kappa shape index (κ3) is 2.94. The molecule has 1 aliphatic heterocycles. The molecule has 19 heavy (non-hydrogen) atoms. The van der Waals surface area contributed by atoms with Crippen LogP contribution in [0.1, 0.15) is 6.92 Å². The van der Waals surface area contributed by atoms with Crippen LogP contribution in [0, 0.1) is 10.1 Å². The number of hydrogen-bond donors (Lipinski definition) is 1. The highest BCUT2D eigenvalue weighted by Crippen LogP contribution is 2.30. The number of nitrogens with zero attached hydrogens (tertiary/aromatic N) is 3. The standard InChI is InChI=1S/C11H14ClN3O4/c1-7-6-19-8(5-16)4-14(7)11-9(15(17)18)2-3-10(12)13-11/h2-3,7-8,16H,4-6H2,1H3.